The normalized spacial score (nSPS) is 12.2. The number of hydrogen-bond acceptors (Lipinski definition) is 5. The van der Waals surface area contributed by atoms with Crippen LogP contribution in [0.4, 0.5) is 11.4 Å². The molecule has 0 heterocycles. The van der Waals surface area contributed by atoms with Crippen LogP contribution in [0.15, 0.2) is 91.0 Å². The van der Waals surface area contributed by atoms with Gasteiger partial charge in [-0.15, -0.1) is 0 Å². The SMILES string of the molecule is Cc1ccc(Oc2ccc(N(C[C@H](Nc3ccc4ccccc4c3)C(N)=O)S(C)(=O)=O)cc2)cc1. The molecule has 0 fully saturated rings. The Morgan fingerprint density at radius 3 is 2.11 bits per heavy atom. The largest absolute Gasteiger partial charge is 0.457 e. The first kappa shape index (κ1) is 24.1. The average molecular weight is 490 g/mol. The van der Waals surface area contributed by atoms with E-state index in [1.165, 1.54) is 0 Å². The number of ether oxygens (including phenoxy) is 1. The van der Waals surface area contributed by atoms with Gasteiger partial charge < -0.3 is 15.8 Å². The van der Waals surface area contributed by atoms with Gasteiger partial charge in [0.1, 0.15) is 17.5 Å². The maximum absolute atomic E-state index is 12.6. The Hall–Kier alpha value is -4.04. The lowest BCUT2D eigenvalue weighted by Crippen LogP contribution is -2.47. The zero-order valence-electron chi connectivity index (χ0n) is 19.5. The summed E-state index contributed by atoms with van der Waals surface area (Å²) < 4.78 is 32.3. The summed E-state index contributed by atoms with van der Waals surface area (Å²) in [5, 5.41) is 5.13. The number of primary amides is 1. The second-order valence-electron chi connectivity index (χ2n) is 8.36. The van der Waals surface area contributed by atoms with Gasteiger partial charge in [0.15, 0.2) is 0 Å². The zero-order chi connectivity index (χ0) is 25.0. The summed E-state index contributed by atoms with van der Waals surface area (Å²) in [6.07, 6.45) is 1.10. The summed E-state index contributed by atoms with van der Waals surface area (Å²) in [4.78, 5) is 12.3. The first-order valence-electron chi connectivity index (χ1n) is 11.1. The average Bonchev–Trinajstić information content (AvgIpc) is 2.83. The number of aryl methyl sites for hydroxylation is 1. The minimum absolute atomic E-state index is 0.168. The van der Waals surface area contributed by atoms with Crippen LogP contribution in [0.25, 0.3) is 10.8 Å². The molecule has 4 aromatic rings. The molecule has 1 atom stereocenters. The van der Waals surface area contributed by atoms with Crippen LogP contribution in [0.2, 0.25) is 0 Å². The Kier molecular flexibility index (Phi) is 6.93. The summed E-state index contributed by atoms with van der Waals surface area (Å²) in [7, 11) is -3.71. The Morgan fingerprint density at radius 2 is 1.51 bits per heavy atom. The van der Waals surface area contributed by atoms with Crippen molar-refractivity contribution in [3.05, 3.63) is 96.6 Å². The van der Waals surface area contributed by atoms with Gasteiger partial charge in [-0.25, -0.2) is 8.42 Å². The number of rotatable bonds is 9. The van der Waals surface area contributed by atoms with Crippen molar-refractivity contribution >= 4 is 38.1 Å². The van der Waals surface area contributed by atoms with E-state index in [9.17, 15) is 13.2 Å². The topological polar surface area (TPSA) is 102 Å². The van der Waals surface area contributed by atoms with Crippen LogP contribution in [0.3, 0.4) is 0 Å². The highest BCUT2D eigenvalue weighted by Gasteiger charge is 2.25. The van der Waals surface area contributed by atoms with Crippen molar-refractivity contribution in [3.8, 4) is 11.5 Å². The smallest absolute Gasteiger partial charge is 0.241 e. The van der Waals surface area contributed by atoms with Crippen LogP contribution in [0, 0.1) is 6.92 Å². The first-order chi connectivity index (χ1) is 16.7. The molecule has 0 radical (unpaired) electrons. The number of amides is 1. The molecule has 0 spiro atoms. The van der Waals surface area contributed by atoms with E-state index in [0.29, 0.717) is 22.9 Å². The van der Waals surface area contributed by atoms with Crippen LogP contribution in [-0.4, -0.2) is 33.2 Å². The fourth-order valence-electron chi connectivity index (χ4n) is 3.71. The summed E-state index contributed by atoms with van der Waals surface area (Å²) in [6, 6.07) is 26.8. The van der Waals surface area contributed by atoms with Crippen molar-refractivity contribution in [2.75, 3.05) is 22.4 Å². The first-order valence-corrected chi connectivity index (χ1v) is 12.9. The second-order valence-corrected chi connectivity index (χ2v) is 10.3. The molecule has 0 aliphatic carbocycles. The van der Waals surface area contributed by atoms with Crippen molar-refractivity contribution in [2.45, 2.75) is 13.0 Å². The number of benzene rings is 4. The zero-order valence-corrected chi connectivity index (χ0v) is 20.3. The number of fused-ring (bicyclic) bond motifs is 1. The highest BCUT2D eigenvalue weighted by Crippen LogP contribution is 2.27. The number of carbonyl (C=O) groups excluding carboxylic acids is 1. The third-order valence-corrected chi connectivity index (χ3v) is 6.72. The van der Waals surface area contributed by atoms with Gasteiger partial charge >= 0.3 is 0 Å². The minimum Gasteiger partial charge on any atom is -0.457 e. The molecule has 8 heteroatoms. The molecule has 7 nitrogen and oxygen atoms in total. The lowest BCUT2D eigenvalue weighted by molar-refractivity contribution is -0.118. The molecule has 4 aromatic carbocycles. The molecular formula is C27H27N3O4S. The molecule has 3 N–H and O–H groups in total. The van der Waals surface area contributed by atoms with Crippen LogP contribution in [0.1, 0.15) is 5.56 Å². The van der Waals surface area contributed by atoms with Crippen LogP contribution in [-0.2, 0) is 14.8 Å². The lowest BCUT2D eigenvalue weighted by Gasteiger charge is -2.27. The molecule has 0 unspecified atom stereocenters. The molecule has 1 amide bonds. The van der Waals surface area contributed by atoms with Crippen molar-refractivity contribution in [3.63, 3.8) is 0 Å². The third-order valence-electron chi connectivity index (χ3n) is 5.56. The predicted octanol–water partition coefficient (Wildman–Crippen LogP) is 4.67. The summed E-state index contributed by atoms with van der Waals surface area (Å²) >= 11 is 0. The molecule has 4 rings (SSSR count). The van der Waals surface area contributed by atoms with Crippen LogP contribution >= 0.6 is 0 Å². The van der Waals surface area contributed by atoms with Gasteiger partial charge in [0.25, 0.3) is 0 Å². The van der Waals surface area contributed by atoms with Gasteiger partial charge in [-0.05, 0) is 66.2 Å². The number of anilines is 2. The molecule has 0 saturated heterocycles. The van der Waals surface area contributed by atoms with E-state index in [4.69, 9.17) is 10.5 Å². The highest BCUT2D eigenvalue weighted by molar-refractivity contribution is 7.92. The number of nitrogens with zero attached hydrogens (tertiary/aromatic N) is 1. The molecule has 0 bridgehead atoms. The third kappa shape index (κ3) is 6.10. The van der Waals surface area contributed by atoms with E-state index in [1.807, 2.05) is 73.7 Å². The van der Waals surface area contributed by atoms with Gasteiger partial charge in [0.05, 0.1) is 18.5 Å². The number of nitrogens with two attached hydrogens (primary N) is 1. The molecule has 180 valence electrons. The van der Waals surface area contributed by atoms with Crippen molar-refractivity contribution in [1.29, 1.82) is 0 Å². The van der Waals surface area contributed by atoms with Crippen LogP contribution in [0.5, 0.6) is 11.5 Å². The van der Waals surface area contributed by atoms with Crippen LogP contribution < -0.4 is 20.1 Å². The number of nitrogens with one attached hydrogen (secondary N) is 1. The molecule has 0 aromatic heterocycles. The molecule has 0 aliphatic rings. The second kappa shape index (κ2) is 10.1. The van der Waals surface area contributed by atoms with E-state index in [1.54, 1.807) is 24.3 Å². The maximum atomic E-state index is 12.6. The summed E-state index contributed by atoms with van der Waals surface area (Å²) in [5.74, 6) is 0.578. The Balaban J connectivity index is 1.54. The number of hydrogen-bond donors (Lipinski definition) is 2. The molecule has 0 saturated carbocycles. The highest BCUT2D eigenvalue weighted by atomic mass is 32.2. The standard InChI is InChI=1S/C27H27N3O4S/c1-19-7-13-24(14-8-19)34-25-15-11-23(12-16-25)30(35(2,32)33)18-26(27(28)31)29-22-10-9-20-5-3-4-6-21(20)17-22/h3-17,26,29H,18H2,1-2H3,(H2,28,31)/t26-/m0/s1. The minimum atomic E-state index is -3.71. The van der Waals surface area contributed by atoms with E-state index < -0.39 is 22.0 Å². The van der Waals surface area contributed by atoms with Gasteiger partial charge in [0.2, 0.25) is 15.9 Å². The Labute approximate surface area is 205 Å². The molecule has 35 heavy (non-hydrogen) atoms. The van der Waals surface area contributed by atoms with Gasteiger partial charge in [0, 0.05) is 5.69 Å². The van der Waals surface area contributed by atoms with Gasteiger partial charge in [-0.1, -0.05) is 48.0 Å². The molecular weight excluding hydrogens is 462 g/mol. The monoisotopic (exact) mass is 489 g/mol. The fraction of sp³-hybridized carbons (Fsp3) is 0.148. The fourth-order valence-corrected chi connectivity index (χ4v) is 4.63. The van der Waals surface area contributed by atoms with E-state index in [2.05, 4.69) is 5.32 Å². The number of carbonyl (C=O) groups is 1. The van der Waals surface area contributed by atoms with E-state index in [-0.39, 0.29) is 6.54 Å². The lowest BCUT2D eigenvalue weighted by atomic mass is 10.1. The van der Waals surface area contributed by atoms with Gasteiger partial charge in [-0.2, -0.15) is 0 Å². The Morgan fingerprint density at radius 1 is 0.914 bits per heavy atom. The Bertz CT molecular complexity index is 1440. The summed E-state index contributed by atoms with van der Waals surface area (Å²) in [6.45, 7) is 1.83. The quantitative estimate of drug-likeness (QED) is 0.356. The number of sulfonamides is 1. The van der Waals surface area contributed by atoms with E-state index >= 15 is 0 Å². The van der Waals surface area contributed by atoms with Crippen molar-refractivity contribution in [2.24, 2.45) is 5.73 Å². The predicted molar refractivity (Wildman–Crippen MR) is 140 cm³/mol. The van der Waals surface area contributed by atoms with Gasteiger partial charge in [-0.3, -0.25) is 9.10 Å². The van der Waals surface area contributed by atoms with Crippen molar-refractivity contribution in [1.82, 2.24) is 0 Å². The maximum Gasteiger partial charge on any atom is 0.241 e. The van der Waals surface area contributed by atoms with E-state index in [0.717, 1.165) is 26.9 Å². The van der Waals surface area contributed by atoms with Crippen molar-refractivity contribution < 1.29 is 17.9 Å². The molecule has 0 aliphatic heterocycles. The summed E-state index contributed by atoms with van der Waals surface area (Å²) in [5.41, 5.74) is 7.84.